The van der Waals surface area contributed by atoms with E-state index >= 15 is 0 Å². The Hall–Kier alpha value is -2.83. The first kappa shape index (κ1) is 19.9. The van der Waals surface area contributed by atoms with Gasteiger partial charge in [0.1, 0.15) is 5.82 Å². The van der Waals surface area contributed by atoms with E-state index in [1.807, 2.05) is 18.2 Å². The number of carbonyl (C=O) groups is 1. The van der Waals surface area contributed by atoms with Crippen molar-refractivity contribution in [3.8, 4) is 17.5 Å². The van der Waals surface area contributed by atoms with Gasteiger partial charge in [-0.05, 0) is 36.4 Å². The van der Waals surface area contributed by atoms with E-state index in [9.17, 15) is 9.18 Å². The van der Waals surface area contributed by atoms with Crippen LogP contribution in [0, 0.1) is 17.1 Å². The molecule has 1 heterocycles. The maximum Gasteiger partial charge on any atom is 0.234 e. The number of halogens is 1. The quantitative estimate of drug-likeness (QED) is 0.590. The molecule has 0 saturated heterocycles. The van der Waals surface area contributed by atoms with Crippen LogP contribution in [0.15, 0.2) is 58.6 Å². The Morgan fingerprint density at radius 2 is 1.93 bits per heavy atom. The minimum atomic E-state index is -0.314. The van der Waals surface area contributed by atoms with Crippen LogP contribution in [-0.2, 0) is 11.8 Å². The third-order valence-electron chi connectivity index (χ3n) is 3.72. The van der Waals surface area contributed by atoms with E-state index in [1.165, 1.54) is 35.7 Å². The maximum atomic E-state index is 13.1. The fraction of sp³-hybridized carbons (Fsp3) is 0.158. The highest BCUT2D eigenvalue weighted by Crippen LogP contribution is 2.27. The fourth-order valence-corrected chi connectivity index (χ4v) is 3.79. The average molecular weight is 414 g/mol. The highest BCUT2D eigenvalue weighted by atomic mass is 32.2. The minimum Gasteiger partial charge on any atom is -0.324 e. The predicted octanol–water partition coefficient (Wildman–Crippen LogP) is 3.97. The largest absolute Gasteiger partial charge is 0.324 e. The first-order chi connectivity index (χ1) is 13.6. The monoisotopic (exact) mass is 413 g/mol. The Morgan fingerprint density at radius 3 is 2.68 bits per heavy atom. The number of aromatic nitrogens is 3. The molecule has 0 bridgehead atoms. The lowest BCUT2D eigenvalue weighted by Crippen LogP contribution is -2.15. The van der Waals surface area contributed by atoms with Gasteiger partial charge in [-0.3, -0.25) is 4.79 Å². The number of anilines is 1. The van der Waals surface area contributed by atoms with Crippen LogP contribution >= 0.6 is 23.5 Å². The van der Waals surface area contributed by atoms with Crippen LogP contribution in [0.3, 0.4) is 0 Å². The summed E-state index contributed by atoms with van der Waals surface area (Å²) in [6.45, 7) is 0. The van der Waals surface area contributed by atoms with Crippen LogP contribution in [0.2, 0.25) is 0 Å². The zero-order valence-electron chi connectivity index (χ0n) is 14.9. The van der Waals surface area contributed by atoms with Gasteiger partial charge in [-0.1, -0.05) is 23.9 Å². The number of benzene rings is 2. The summed E-state index contributed by atoms with van der Waals surface area (Å²) in [7, 11) is 1.80. The Morgan fingerprint density at radius 1 is 1.18 bits per heavy atom. The molecule has 142 valence electrons. The molecule has 3 aromatic rings. The van der Waals surface area contributed by atoms with Crippen molar-refractivity contribution in [2.24, 2.45) is 7.05 Å². The molecular weight excluding hydrogens is 397 g/mol. The molecule has 0 aliphatic carbocycles. The Labute approximate surface area is 170 Å². The molecule has 2 aromatic carbocycles. The number of rotatable bonds is 7. The van der Waals surface area contributed by atoms with Gasteiger partial charge in [-0.15, -0.1) is 22.0 Å². The van der Waals surface area contributed by atoms with Gasteiger partial charge in [0, 0.05) is 17.5 Å². The van der Waals surface area contributed by atoms with Crippen molar-refractivity contribution in [2.45, 2.75) is 10.1 Å². The average Bonchev–Trinajstić information content (AvgIpc) is 3.07. The van der Waals surface area contributed by atoms with Crippen LogP contribution < -0.4 is 5.32 Å². The van der Waals surface area contributed by atoms with Gasteiger partial charge < -0.3 is 9.88 Å². The number of nitriles is 1. The zero-order valence-corrected chi connectivity index (χ0v) is 16.6. The van der Waals surface area contributed by atoms with Crippen molar-refractivity contribution < 1.29 is 9.18 Å². The summed E-state index contributed by atoms with van der Waals surface area (Å²) in [6, 6.07) is 15.4. The molecule has 1 aromatic heterocycles. The molecule has 0 spiro atoms. The zero-order chi connectivity index (χ0) is 19.9. The second-order valence-electron chi connectivity index (χ2n) is 5.65. The smallest absolute Gasteiger partial charge is 0.234 e. The molecule has 0 aliphatic rings. The van der Waals surface area contributed by atoms with E-state index < -0.39 is 0 Å². The SMILES string of the molecule is Cn1c(SCC(=O)Nc2ccccc2SCC#N)nnc1-c1ccc(F)cc1. The van der Waals surface area contributed by atoms with Gasteiger partial charge in [-0.2, -0.15) is 5.26 Å². The number of para-hydroxylation sites is 1. The molecule has 0 atom stereocenters. The summed E-state index contributed by atoms with van der Waals surface area (Å²) in [6.07, 6.45) is 0. The van der Waals surface area contributed by atoms with E-state index in [2.05, 4.69) is 21.6 Å². The predicted molar refractivity (Wildman–Crippen MR) is 109 cm³/mol. The molecule has 0 unspecified atom stereocenters. The lowest BCUT2D eigenvalue weighted by molar-refractivity contribution is -0.113. The van der Waals surface area contributed by atoms with Crippen molar-refractivity contribution >= 4 is 35.1 Å². The summed E-state index contributed by atoms with van der Waals surface area (Å²) in [5, 5.41) is 20.4. The van der Waals surface area contributed by atoms with Gasteiger partial charge in [0.05, 0.1) is 23.3 Å². The van der Waals surface area contributed by atoms with Crippen LogP contribution in [0.4, 0.5) is 10.1 Å². The molecule has 0 fully saturated rings. The molecule has 0 radical (unpaired) electrons. The number of hydrogen-bond acceptors (Lipinski definition) is 6. The lowest BCUT2D eigenvalue weighted by Gasteiger charge is -2.09. The molecule has 1 N–H and O–H groups in total. The maximum absolute atomic E-state index is 13.1. The topological polar surface area (TPSA) is 83.6 Å². The van der Waals surface area contributed by atoms with Gasteiger partial charge >= 0.3 is 0 Å². The molecule has 0 aliphatic heterocycles. The number of nitrogens with zero attached hydrogens (tertiary/aromatic N) is 4. The second-order valence-corrected chi connectivity index (χ2v) is 7.61. The summed E-state index contributed by atoms with van der Waals surface area (Å²) in [4.78, 5) is 13.2. The highest BCUT2D eigenvalue weighted by molar-refractivity contribution is 8.00. The molecule has 0 saturated carbocycles. The number of hydrogen-bond donors (Lipinski definition) is 1. The normalized spacial score (nSPS) is 10.5. The number of carbonyl (C=O) groups excluding carboxylic acids is 1. The Kier molecular flexibility index (Phi) is 6.68. The van der Waals surface area contributed by atoms with Gasteiger partial charge in [0.15, 0.2) is 11.0 Å². The van der Waals surface area contributed by atoms with Crippen LogP contribution in [-0.4, -0.2) is 32.2 Å². The van der Waals surface area contributed by atoms with E-state index in [-0.39, 0.29) is 17.5 Å². The van der Waals surface area contributed by atoms with E-state index in [0.717, 1.165) is 10.5 Å². The van der Waals surface area contributed by atoms with E-state index in [0.29, 0.717) is 22.4 Å². The fourth-order valence-electron chi connectivity index (χ4n) is 2.41. The summed E-state index contributed by atoms with van der Waals surface area (Å²) < 4.78 is 14.9. The van der Waals surface area contributed by atoms with Gasteiger partial charge in [0.2, 0.25) is 5.91 Å². The first-order valence-electron chi connectivity index (χ1n) is 8.25. The van der Waals surface area contributed by atoms with Crippen molar-refractivity contribution in [3.63, 3.8) is 0 Å². The van der Waals surface area contributed by atoms with E-state index in [1.54, 1.807) is 29.8 Å². The van der Waals surface area contributed by atoms with E-state index in [4.69, 9.17) is 5.26 Å². The van der Waals surface area contributed by atoms with Crippen LogP contribution in [0.25, 0.3) is 11.4 Å². The van der Waals surface area contributed by atoms with Crippen molar-refractivity contribution in [2.75, 3.05) is 16.8 Å². The van der Waals surface area contributed by atoms with Crippen LogP contribution in [0.1, 0.15) is 0 Å². The lowest BCUT2D eigenvalue weighted by atomic mass is 10.2. The Balaban J connectivity index is 1.63. The van der Waals surface area contributed by atoms with Crippen molar-refractivity contribution in [3.05, 3.63) is 54.3 Å². The minimum absolute atomic E-state index is 0.159. The van der Waals surface area contributed by atoms with Crippen molar-refractivity contribution in [1.29, 1.82) is 5.26 Å². The third kappa shape index (κ3) is 4.91. The second kappa shape index (κ2) is 9.39. The molecule has 9 heteroatoms. The summed E-state index contributed by atoms with van der Waals surface area (Å²) in [5.41, 5.74) is 1.43. The number of thioether (sulfide) groups is 2. The standard InChI is InChI=1S/C19H16FN5OS2/c1-25-18(13-6-8-14(20)9-7-13)23-24-19(25)28-12-17(26)22-15-4-2-3-5-16(15)27-11-10-21/h2-9H,11-12H2,1H3,(H,22,26). The first-order valence-corrected chi connectivity index (χ1v) is 10.2. The highest BCUT2D eigenvalue weighted by Gasteiger charge is 2.14. The van der Waals surface area contributed by atoms with Gasteiger partial charge in [0.25, 0.3) is 0 Å². The molecule has 6 nitrogen and oxygen atoms in total. The summed E-state index contributed by atoms with van der Waals surface area (Å²) >= 11 is 2.63. The number of amides is 1. The summed E-state index contributed by atoms with van der Waals surface area (Å²) in [5.74, 6) is 0.576. The molecule has 1 amide bonds. The van der Waals surface area contributed by atoms with Crippen LogP contribution in [0.5, 0.6) is 0 Å². The molecule has 3 rings (SSSR count). The Bertz CT molecular complexity index is 1010. The molecular formula is C19H16FN5OS2. The number of nitrogens with one attached hydrogen (secondary N) is 1. The third-order valence-corrected chi connectivity index (χ3v) is 5.68. The van der Waals surface area contributed by atoms with Crippen molar-refractivity contribution in [1.82, 2.24) is 14.8 Å². The van der Waals surface area contributed by atoms with Gasteiger partial charge in [-0.25, -0.2) is 4.39 Å². The molecule has 28 heavy (non-hydrogen) atoms.